The van der Waals surface area contributed by atoms with Gasteiger partial charge in [-0.1, -0.05) is 18.2 Å². The number of carbonyl (C=O) groups excluding carboxylic acids is 1. The van der Waals surface area contributed by atoms with Gasteiger partial charge in [-0.05, 0) is 18.6 Å². The molecule has 1 aromatic carbocycles. The average Bonchev–Trinajstić information content (AvgIpc) is 2.38. The second kappa shape index (κ2) is 5.33. The maximum atomic E-state index is 12.3. The lowest BCUT2D eigenvalue weighted by atomic mass is 10.1. The first kappa shape index (κ1) is 12.8. The van der Waals surface area contributed by atoms with Gasteiger partial charge in [-0.25, -0.2) is 0 Å². The number of carbonyl (C=O) groups is 1. The van der Waals surface area contributed by atoms with E-state index in [-0.39, 0.29) is 0 Å². The number of amides is 1. The molecule has 0 aliphatic carbocycles. The van der Waals surface area contributed by atoms with Crippen LogP contribution in [0.15, 0.2) is 24.3 Å². The van der Waals surface area contributed by atoms with Gasteiger partial charge < -0.3 is 9.80 Å². The molecular weight excluding hydrogens is 238 g/mol. The summed E-state index contributed by atoms with van der Waals surface area (Å²) in [5.74, 6) is -1.06. The van der Waals surface area contributed by atoms with E-state index in [0.29, 0.717) is 26.2 Å². The van der Waals surface area contributed by atoms with Crippen LogP contribution >= 0.6 is 0 Å². The standard InChI is InChI=1S/C13H16F2N2O/c1-10-4-2-3-5-11(10)16-6-8-17(9-7-16)13(18)12(14)15/h2-5,12H,6-9H2,1H3. The van der Waals surface area contributed by atoms with Crippen LogP contribution in [0.25, 0.3) is 0 Å². The highest BCUT2D eigenvalue weighted by molar-refractivity contribution is 5.79. The lowest BCUT2D eigenvalue weighted by Gasteiger charge is -2.36. The fourth-order valence-electron chi connectivity index (χ4n) is 2.22. The molecule has 0 radical (unpaired) electrons. The van der Waals surface area contributed by atoms with Crippen molar-refractivity contribution >= 4 is 11.6 Å². The van der Waals surface area contributed by atoms with Gasteiger partial charge >= 0.3 is 6.43 Å². The van der Waals surface area contributed by atoms with Crippen molar-refractivity contribution in [3.63, 3.8) is 0 Å². The number of nitrogens with zero attached hydrogens (tertiary/aromatic N) is 2. The van der Waals surface area contributed by atoms with E-state index in [2.05, 4.69) is 4.90 Å². The number of rotatable bonds is 2. The number of aryl methyl sites for hydroxylation is 1. The summed E-state index contributed by atoms with van der Waals surface area (Å²) in [4.78, 5) is 14.5. The number of alkyl halides is 2. The molecule has 1 amide bonds. The minimum atomic E-state index is -2.89. The predicted octanol–water partition coefficient (Wildman–Crippen LogP) is 1.91. The largest absolute Gasteiger partial charge is 0.368 e. The Morgan fingerprint density at radius 3 is 2.33 bits per heavy atom. The highest BCUT2D eigenvalue weighted by Gasteiger charge is 2.27. The summed E-state index contributed by atoms with van der Waals surface area (Å²) in [6.45, 7) is 3.94. The first-order chi connectivity index (χ1) is 8.59. The highest BCUT2D eigenvalue weighted by atomic mass is 19.3. The smallest absolute Gasteiger partial charge is 0.315 e. The predicted molar refractivity (Wildman–Crippen MR) is 66.0 cm³/mol. The minimum absolute atomic E-state index is 0.359. The van der Waals surface area contributed by atoms with Crippen molar-refractivity contribution in [1.82, 2.24) is 4.90 Å². The third kappa shape index (κ3) is 2.60. The summed E-state index contributed by atoms with van der Waals surface area (Å²) < 4.78 is 24.6. The van der Waals surface area contributed by atoms with Crippen LogP contribution in [0.4, 0.5) is 14.5 Å². The van der Waals surface area contributed by atoms with Crippen LogP contribution in [-0.2, 0) is 4.79 Å². The Balaban J connectivity index is 1.99. The molecule has 1 heterocycles. The number of anilines is 1. The van der Waals surface area contributed by atoms with E-state index < -0.39 is 12.3 Å². The van der Waals surface area contributed by atoms with Crippen molar-refractivity contribution < 1.29 is 13.6 Å². The van der Waals surface area contributed by atoms with Crippen LogP contribution in [0, 0.1) is 6.92 Å². The monoisotopic (exact) mass is 254 g/mol. The van der Waals surface area contributed by atoms with Gasteiger partial charge in [0.2, 0.25) is 0 Å². The zero-order chi connectivity index (χ0) is 13.1. The van der Waals surface area contributed by atoms with Gasteiger partial charge in [-0.3, -0.25) is 4.79 Å². The van der Waals surface area contributed by atoms with Gasteiger partial charge in [-0.15, -0.1) is 0 Å². The molecule has 1 saturated heterocycles. The van der Waals surface area contributed by atoms with E-state index in [9.17, 15) is 13.6 Å². The number of piperazine rings is 1. The number of halogens is 2. The Morgan fingerprint density at radius 2 is 1.78 bits per heavy atom. The van der Waals surface area contributed by atoms with E-state index in [1.165, 1.54) is 4.90 Å². The van der Waals surface area contributed by atoms with Crippen LogP contribution in [0.5, 0.6) is 0 Å². The molecule has 0 unspecified atom stereocenters. The maximum absolute atomic E-state index is 12.3. The molecule has 98 valence electrons. The van der Waals surface area contributed by atoms with Crippen LogP contribution in [0.3, 0.4) is 0 Å². The van der Waals surface area contributed by atoms with Crippen LogP contribution < -0.4 is 4.90 Å². The van der Waals surface area contributed by atoms with Gasteiger partial charge in [-0.2, -0.15) is 8.78 Å². The molecule has 1 fully saturated rings. The summed E-state index contributed by atoms with van der Waals surface area (Å²) in [6, 6.07) is 7.96. The van der Waals surface area contributed by atoms with E-state index in [4.69, 9.17) is 0 Å². The van der Waals surface area contributed by atoms with Gasteiger partial charge in [0, 0.05) is 31.9 Å². The molecular formula is C13H16F2N2O. The number of hydrogen-bond acceptors (Lipinski definition) is 2. The van der Waals surface area contributed by atoms with Crippen LogP contribution in [0.2, 0.25) is 0 Å². The fraction of sp³-hybridized carbons (Fsp3) is 0.462. The molecule has 1 aliphatic rings. The summed E-state index contributed by atoms with van der Waals surface area (Å²) >= 11 is 0. The van der Waals surface area contributed by atoms with Crippen molar-refractivity contribution in [3.8, 4) is 0 Å². The van der Waals surface area contributed by atoms with Crippen LogP contribution in [-0.4, -0.2) is 43.4 Å². The average molecular weight is 254 g/mol. The Kier molecular flexibility index (Phi) is 3.79. The first-order valence-electron chi connectivity index (χ1n) is 5.97. The van der Waals surface area contributed by atoms with Crippen molar-refractivity contribution in [2.75, 3.05) is 31.1 Å². The fourth-order valence-corrected chi connectivity index (χ4v) is 2.22. The Morgan fingerprint density at radius 1 is 1.17 bits per heavy atom. The minimum Gasteiger partial charge on any atom is -0.368 e. The molecule has 1 aromatic rings. The van der Waals surface area contributed by atoms with Gasteiger partial charge in [0.05, 0.1) is 0 Å². The lowest BCUT2D eigenvalue weighted by molar-refractivity contribution is -0.143. The SMILES string of the molecule is Cc1ccccc1N1CCN(C(=O)C(F)F)CC1. The van der Waals surface area contributed by atoms with Crippen LogP contribution in [0.1, 0.15) is 5.56 Å². The molecule has 5 heteroatoms. The Bertz CT molecular complexity index is 429. The zero-order valence-electron chi connectivity index (χ0n) is 10.3. The Labute approximate surface area is 105 Å². The Hall–Kier alpha value is -1.65. The summed E-state index contributed by atoms with van der Waals surface area (Å²) in [5, 5.41) is 0. The molecule has 0 spiro atoms. The summed E-state index contributed by atoms with van der Waals surface area (Å²) in [7, 11) is 0. The van der Waals surface area contributed by atoms with E-state index in [1.807, 2.05) is 31.2 Å². The molecule has 3 nitrogen and oxygen atoms in total. The second-order valence-electron chi connectivity index (χ2n) is 4.40. The summed E-state index contributed by atoms with van der Waals surface area (Å²) in [5.41, 5.74) is 2.27. The van der Waals surface area contributed by atoms with Crippen molar-refractivity contribution in [3.05, 3.63) is 29.8 Å². The topological polar surface area (TPSA) is 23.6 Å². The third-order valence-electron chi connectivity index (χ3n) is 3.23. The van der Waals surface area contributed by atoms with Crippen molar-refractivity contribution in [2.45, 2.75) is 13.3 Å². The number of hydrogen-bond donors (Lipinski definition) is 0. The normalized spacial score (nSPS) is 16.2. The third-order valence-corrected chi connectivity index (χ3v) is 3.23. The number of para-hydroxylation sites is 1. The highest BCUT2D eigenvalue weighted by Crippen LogP contribution is 2.21. The van der Waals surface area contributed by atoms with Gasteiger partial charge in [0.1, 0.15) is 0 Å². The molecule has 0 aromatic heterocycles. The summed E-state index contributed by atoms with van der Waals surface area (Å²) in [6.07, 6.45) is -2.89. The molecule has 0 atom stereocenters. The van der Waals surface area contributed by atoms with Crippen molar-refractivity contribution in [2.24, 2.45) is 0 Å². The van der Waals surface area contributed by atoms with E-state index in [0.717, 1.165) is 11.3 Å². The quantitative estimate of drug-likeness (QED) is 0.805. The molecule has 0 bridgehead atoms. The number of benzene rings is 1. The first-order valence-corrected chi connectivity index (χ1v) is 5.97. The van der Waals surface area contributed by atoms with Crippen molar-refractivity contribution in [1.29, 1.82) is 0 Å². The zero-order valence-corrected chi connectivity index (χ0v) is 10.3. The second-order valence-corrected chi connectivity index (χ2v) is 4.40. The van der Waals surface area contributed by atoms with E-state index in [1.54, 1.807) is 0 Å². The molecule has 0 saturated carbocycles. The lowest BCUT2D eigenvalue weighted by Crippen LogP contribution is -2.50. The van der Waals surface area contributed by atoms with E-state index >= 15 is 0 Å². The maximum Gasteiger partial charge on any atom is 0.315 e. The van der Waals surface area contributed by atoms with Gasteiger partial charge in [0.25, 0.3) is 5.91 Å². The molecule has 0 N–H and O–H groups in total. The molecule has 18 heavy (non-hydrogen) atoms. The van der Waals surface area contributed by atoms with Gasteiger partial charge in [0.15, 0.2) is 0 Å². The molecule has 2 rings (SSSR count). The molecule has 1 aliphatic heterocycles.